The summed E-state index contributed by atoms with van der Waals surface area (Å²) in [6.07, 6.45) is 2.32. The number of rotatable bonds is 4. The molecule has 0 bridgehead atoms. The maximum absolute atomic E-state index is 11.1. The number of hydrogen-bond acceptors (Lipinski definition) is 3. The molecule has 3 rings (SSSR count). The Balaban J connectivity index is 2.09. The molecule has 3 aromatic rings. The van der Waals surface area contributed by atoms with E-state index in [0.717, 1.165) is 22.5 Å². The number of aromatic nitrogens is 3. The molecule has 0 aliphatic heterocycles. The lowest BCUT2D eigenvalue weighted by molar-refractivity contribution is -0.137. The van der Waals surface area contributed by atoms with Gasteiger partial charge in [0.15, 0.2) is 5.65 Å². The van der Waals surface area contributed by atoms with Gasteiger partial charge in [0.2, 0.25) is 0 Å². The maximum Gasteiger partial charge on any atom is 0.323 e. The van der Waals surface area contributed by atoms with Gasteiger partial charge in [-0.2, -0.15) is 0 Å². The van der Waals surface area contributed by atoms with E-state index in [-0.39, 0.29) is 6.54 Å². The molecule has 0 fully saturated rings. The highest BCUT2D eigenvalue weighted by atomic mass is 16.4. The quantitative estimate of drug-likeness (QED) is 0.797. The van der Waals surface area contributed by atoms with Crippen molar-refractivity contribution in [2.75, 3.05) is 0 Å². The summed E-state index contributed by atoms with van der Waals surface area (Å²) >= 11 is 0. The molecule has 0 saturated heterocycles. The molecule has 21 heavy (non-hydrogen) atoms. The number of carboxylic acids is 1. The highest BCUT2D eigenvalue weighted by Crippen LogP contribution is 2.18. The molecule has 0 spiro atoms. The number of nitrogens with zero attached hydrogens (tertiary/aromatic N) is 3. The average molecular weight is 281 g/mol. The molecular weight excluding hydrogens is 266 g/mol. The van der Waals surface area contributed by atoms with Gasteiger partial charge >= 0.3 is 5.97 Å². The predicted octanol–water partition coefficient (Wildman–Crippen LogP) is 2.42. The number of aliphatic carboxylic acids is 1. The third-order valence-corrected chi connectivity index (χ3v) is 3.30. The number of benzene rings is 1. The first-order valence-electron chi connectivity index (χ1n) is 6.71. The Kier molecular flexibility index (Phi) is 3.39. The smallest absolute Gasteiger partial charge is 0.323 e. The van der Waals surface area contributed by atoms with Crippen molar-refractivity contribution in [3.63, 3.8) is 0 Å². The Morgan fingerprint density at radius 1 is 1.29 bits per heavy atom. The minimum absolute atomic E-state index is 0.130. The summed E-state index contributed by atoms with van der Waals surface area (Å²) in [6.45, 7) is 1.81. The average Bonchev–Trinajstić information content (AvgIpc) is 2.76. The Labute approximate surface area is 121 Å². The van der Waals surface area contributed by atoms with Crippen molar-refractivity contribution >= 4 is 17.1 Å². The van der Waals surface area contributed by atoms with E-state index in [0.29, 0.717) is 12.1 Å². The number of carbonyl (C=O) groups is 1. The molecule has 0 aliphatic rings. The van der Waals surface area contributed by atoms with Crippen LogP contribution in [0.15, 0.2) is 42.6 Å². The first-order valence-corrected chi connectivity index (χ1v) is 6.71. The number of pyridine rings is 1. The standard InChI is InChI=1S/C16H15N3O2/c1-11-7-13-16(17-9-11)19(10-15(20)21)14(18-13)8-12-5-3-2-4-6-12/h2-7,9H,8,10H2,1H3,(H,20,21). The zero-order valence-electron chi connectivity index (χ0n) is 11.7. The lowest BCUT2D eigenvalue weighted by Gasteiger charge is -2.05. The largest absolute Gasteiger partial charge is 0.480 e. The third-order valence-electron chi connectivity index (χ3n) is 3.30. The van der Waals surface area contributed by atoms with Gasteiger partial charge < -0.3 is 9.67 Å². The fraction of sp³-hybridized carbons (Fsp3) is 0.188. The molecule has 0 atom stereocenters. The van der Waals surface area contributed by atoms with Gasteiger partial charge in [-0.1, -0.05) is 30.3 Å². The molecule has 2 heterocycles. The number of fused-ring (bicyclic) bond motifs is 1. The van der Waals surface area contributed by atoms with Crippen LogP contribution in [0.4, 0.5) is 0 Å². The molecular formula is C16H15N3O2. The third kappa shape index (κ3) is 2.76. The second-order valence-corrected chi connectivity index (χ2v) is 5.03. The lowest BCUT2D eigenvalue weighted by Crippen LogP contribution is -2.12. The predicted molar refractivity (Wildman–Crippen MR) is 79.1 cm³/mol. The minimum Gasteiger partial charge on any atom is -0.480 e. The summed E-state index contributed by atoms with van der Waals surface area (Å²) in [5, 5.41) is 9.11. The van der Waals surface area contributed by atoms with Crippen LogP contribution >= 0.6 is 0 Å². The van der Waals surface area contributed by atoms with Crippen LogP contribution in [0.25, 0.3) is 11.2 Å². The summed E-state index contributed by atoms with van der Waals surface area (Å²) in [7, 11) is 0. The van der Waals surface area contributed by atoms with E-state index in [1.54, 1.807) is 10.8 Å². The molecule has 0 amide bonds. The topological polar surface area (TPSA) is 68.0 Å². The van der Waals surface area contributed by atoms with Crippen LogP contribution in [0.5, 0.6) is 0 Å². The monoisotopic (exact) mass is 281 g/mol. The van der Waals surface area contributed by atoms with E-state index in [9.17, 15) is 4.79 Å². The van der Waals surface area contributed by atoms with Crippen LogP contribution in [0.3, 0.4) is 0 Å². The van der Waals surface area contributed by atoms with Crippen molar-refractivity contribution in [1.29, 1.82) is 0 Å². The Morgan fingerprint density at radius 2 is 2.05 bits per heavy atom. The second kappa shape index (κ2) is 5.36. The van der Waals surface area contributed by atoms with Crippen LogP contribution in [0, 0.1) is 6.92 Å². The SMILES string of the molecule is Cc1cnc2c(c1)nc(Cc1ccccc1)n2CC(=O)O. The van der Waals surface area contributed by atoms with Gasteiger partial charge in [-0.05, 0) is 24.1 Å². The van der Waals surface area contributed by atoms with E-state index in [2.05, 4.69) is 9.97 Å². The summed E-state index contributed by atoms with van der Waals surface area (Å²) in [5.41, 5.74) is 3.46. The first kappa shape index (κ1) is 13.3. The van der Waals surface area contributed by atoms with Gasteiger partial charge in [0.1, 0.15) is 17.9 Å². The number of imidazole rings is 1. The maximum atomic E-state index is 11.1. The van der Waals surface area contributed by atoms with Gasteiger partial charge in [0.05, 0.1) is 0 Å². The molecule has 2 aromatic heterocycles. The van der Waals surface area contributed by atoms with Crippen LogP contribution in [-0.4, -0.2) is 25.6 Å². The zero-order chi connectivity index (χ0) is 14.8. The van der Waals surface area contributed by atoms with E-state index >= 15 is 0 Å². The summed E-state index contributed by atoms with van der Waals surface area (Å²) in [5.74, 6) is -0.178. The van der Waals surface area contributed by atoms with E-state index in [1.807, 2.05) is 43.3 Å². The molecule has 106 valence electrons. The number of aryl methyl sites for hydroxylation is 1. The van der Waals surface area contributed by atoms with Gasteiger partial charge in [-0.15, -0.1) is 0 Å². The first-order chi connectivity index (χ1) is 10.1. The highest BCUT2D eigenvalue weighted by Gasteiger charge is 2.14. The van der Waals surface area contributed by atoms with Gasteiger partial charge in [-0.25, -0.2) is 9.97 Å². The van der Waals surface area contributed by atoms with Crippen molar-refractivity contribution in [2.45, 2.75) is 19.9 Å². The molecule has 5 heteroatoms. The Hall–Kier alpha value is -2.69. The van der Waals surface area contributed by atoms with Crippen LogP contribution in [0.1, 0.15) is 17.0 Å². The van der Waals surface area contributed by atoms with Crippen molar-refractivity contribution in [3.8, 4) is 0 Å². The lowest BCUT2D eigenvalue weighted by atomic mass is 10.1. The van der Waals surface area contributed by atoms with Crippen molar-refractivity contribution in [1.82, 2.24) is 14.5 Å². The van der Waals surface area contributed by atoms with E-state index in [4.69, 9.17) is 5.11 Å². The number of hydrogen-bond donors (Lipinski definition) is 1. The molecule has 5 nitrogen and oxygen atoms in total. The Morgan fingerprint density at radius 3 is 2.76 bits per heavy atom. The van der Waals surface area contributed by atoms with Gasteiger partial charge in [0, 0.05) is 12.6 Å². The van der Waals surface area contributed by atoms with Crippen LogP contribution in [-0.2, 0) is 17.8 Å². The normalized spacial score (nSPS) is 10.9. The summed E-state index contributed by atoms with van der Waals surface area (Å²) in [6, 6.07) is 11.8. The van der Waals surface area contributed by atoms with E-state index in [1.165, 1.54) is 0 Å². The second-order valence-electron chi connectivity index (χ2n) is 5.03. The molecule has 1 aromatic carbocycles. The molecule has 0 saturated carbocycles. The van der Waals surface area contributed by atoms with E-state index < -0.39 is 5.97 Å². The minimum atomic E-state index is -0.897. The molecule has 1 N–H and O–H groups in total. The van der Waals surface area contributed by atoms with Crippen LogP contribution in [0.2, 0.25) is 0 Å². The fourth-order valence-corrected chi connectivity index (χ4v) is 2.37. The van der Waals surface area contributed by atoms with Gasteiger partial charge in [0.25, 0.3) is 0 Å². The highest BCUT2D eigenvalue weighted by molar-refractivity contribution is 5.75. The molecule has 0 aliphatic carbocycles. The van der Waals surface area contributed by atoms with Gasteiger partial charge in [-0.3, -0.25) is 4.79 Å². The van der Waals surface area contributed by atoms with Crippen molar-refractivity contribution in [2.24, 2.45) is 0 Å². The summed E-state index contributed by atoms with van der Waals surface area (Å²) in [4.78, 5) is 20.0. The fourth-order valence-electron chi connectivity index (χ4n) is 2.37. The van der Waals surface area contributed by atoms with Crippen molar-refractivity contribution < 1.29 is 9.90 Å². The van der Waals surface area contributed by atoms with Crippen LogP contribution < -0.4 is 0 Å². The Bertz CT molecular complexity index is 794. The molecule has 0 radical (unpaired) electrons. The summed E-state index contributed by atoms with van der Waals surface area (Å²) < 4.78 is 1.67. The zero-order valence-corrected chi connectivity index (χ0v) is 11.7. The van der Waals surface area contributed by atoms with Crippen molar-refractivity contribution in [3.05, 3.63) is 59.5 Å². The number of carboxylic acid groups (broad SMARTS) is 1. The molecule has 0 unspecified atom stereocenters.